The van der Waals surface area contributed by atoms with Gasteiger partial charge in [0.25, 0.3) is 0 Å². The van der Waals surface area contributed by atoms with Crippen molar-refractivity contribution >= 4 is 0 Å². The molecule has 0 heterocycles. The largest absolute Gasteiger partial charge is 3.00 e. The van der Waals surface area contributed by atoms with Gasteiger partial charge in [-0.05, 0) is 0 Å². The third kappa shape index (κ3) is 278. The SMILES string of the molecule is [Lu+3].[Lu+3].[O-]O[O-].[O-]O[O-].[O-]O[O-]. The molecule has 0 bridgehead atoms. The standard InChI is InChI=1S/2Lu.3H2O3/c;;3*1-3-2/h;;3*1-2H/q2*+3;;;/p-6. The molecule has 0 fully saturated rings. The maximum absolute atomic E-state index is 7.88. The van der Waals surface area contributed by atoms with E-state index >= 15 is 0 Å². The maximum Gasteiger partial charge on any atom is 3.00 e. The molecule has 0 radical (unpaired) electrons. The van der Waals surface area contributed by atoms with Crippen molar-refractivity contribution in [1.82, 2.24) is 0 Å². The predicted molar refractivity (Wildman–Crippen MR) is 3.25 cm³/mol. The van der Waals surface area contributed by atoms with Crippen LogP contribution >= 0.6 is 0 Å². The second-order valence-electron chi connectivity index (χ2n) is 0.204. The van der Waals surface area contributed by atoms with Crippen LogP contribution in [0.3, 0.4) is 0 Å². The van der Waals surface area contributed by atoms with Crippen LogP contribution in [0.25, 0.3) is 0 Å². The van der Waals surface area contributed by atoms with Gasteiger partial charge in [0.1, 0.15) is 0 Å². The first-order chi connectivity index (χ1) is 4.24. The Labute approximate surface area is 119 Å². The van der Waals surface area contributed by atoms with Crippen molar-refractivity contribution in [1.29, 1.82) is 0 Å². The fourth-order valence-electron chi connectivity index (χ4n) is 0. The third-order valence-corrected chi connectivity index (χ3v) is 0. The summed E-state index contributed by atoms with van der Waals surface area (Å²) in [6.07, 6.45) is 0. The van der Waals surface area contributed by atoms with Crippen LogP contribution in [0.2, 0.25) is 0 Å². The van der Waals surface area contributed by atoms with Gasteiger partial charge in [0.2, 0.25) is 0 Å². The topological polar surface area (TPSA) is 166 Å². The van der Waals surface area contributed by atoms with Gasteiger partial charge in [-0.2, -0.15) is 0 Å². The summed E-state index contributed by atoms with van der Waals surface area (Å²) in [6, 6.07) is 0. The second kappa shape index (κ2) is 57.3. The Morgan fingerprint density at radius 1 is 0.455 bits per heavy atom. The van der Waals surface area contributed by atoms with Crippen LogP contribution in [0.15, 0.2) is 0 Å². The zero-order valence-electron chi connectivity index (χ0n) is 4.19. The van der Waals surface area contributed by atoms with E-state index in [1.165, 1.54) is 0 Å². The van der Waals surface area contributed by atoms with Crippen LogP contribution in [-0.4, -0.2) is 0 Å². The summed E-state index contributed by atoms with van der Waals surface area (Å²) in [7, 11) is 0. The number of hydrogen-bond donors (Lipinski definition) is 0. The van der Waals surface area contributed by atoms with Crippen LogP contribution < -0.4 is 31.5 Å². The van der Waals surface area contributed by atoms with Gasteiger partial charge in [-0.1, -0.05) is 0 Å². The number of rotatable bonds is 0. The Morgan fingerprint density at radius 2 is 0.455 bits per heavy atom. The molecule has 11 heavy (non-hydrogen) atoms. The summed E-state index contributed by atoms with van der Waals surface area (Å²) in [5.41, 5.74) is 0. The van der Waals surface area contributed by atoms with Crippen molar-refractivity contribution in [2.24, 2.45) is 0 Å². The first kappa shape index (κ1) is 29.2. The zero-order chi connectivity index (χ0) is 8.12. The van der Waals surface area contributed by atoms with Crippen molar-refractivity contribution < 1.29 is 120 Å². The molecule has 0 N–H and O–H groups in total. The zero-order valence-corrected chi connectivity index (χ0v) is 7.50. The molecule has 0 aromatic heterocycles. The average Bonchev–Trinajstić information content (AvgIpc) is 1.70. The molecule has 0 aliphatic rings. The molecular weight excluding hydrogens is 494 g/mol. The van der Waals surface area contributed by atoms with Crippen molar-refractivity contribution in [3.05, 3.63) is 0 Å². The molecule has 0 saturated carbocycles. The van der Waals surface area contributed by atoms with Crippen molar-refractivity contribution in [2.75, 3.05) is 0 Å². The van der Waals surface area contributed by atoms with Crippen LogP contribution in [0, 0.1) is 73.7 Å². The number of hydrogen-bond acceptors (Lipinski definition) is 9. The maximum atomic E-state index is 7.88. The van der Waals surface area contributed by atoms with Gasteiger partial charge in [-0.25, -0.2) is 0 Å². The third-order valence-electron chi connectivity index (χ3n) is 0. The molecule has 0 spiro atoms. The van der Waals surface area contributed by atoms with E-state index in [1.807, 2.05) is 0 Å². The molecule has 84 valence electrons. The minimum Gasteiger partial charge on any atom is -0.734 e. The Morgan fingerprint density at radius 3 is 0.455 bits per heavy atom. The molecule has 9 nitrogen and oxygen atoms in total. The first-order valence-electron chi connectivity index (χ1n) is 1.00. The van der Waals surface area contributed by atoms with E-state index < -0.39 is 0 Å². The predicted octanol–water partition coefficient (Wildman–Crippen LogP) is -7.34. The van der Waals surface area contributed by atoms with E-state index in [9.17, 15) is 0 Å². The Hall–Kier alpha value is 2.11. The van der Waals surface area contributed by atoms with Crippen molar-refractivity contribution in [3.63, 3.8) is 0 Å². The van der Waals surface area contributed by atoms with Crippen molar-refractivity contribution in [2.45, 2.75) is 0 Å². The van der Waals surface area contributed by atoms with E-state index in [-0.39, 0.29) is 73.7 Å². The van der Waals surface area contributed by atoms with Crippen molar-refractivity contribution in [3.8, 4) is 0 Å². The van der Waals surface area contributed by atoms with E-state index in [0.29, 0.717) is 0 Å². The molecule has 0 aromatic carbocycles. The summed E-state index contributed by atoms with van der Waals surface area (Å²) < 4.78 is 0. The Kier molecular flexibility index (Phi) is 152. The molecule has 0 rings (SSSR count). The summed E-state index contributed by atoms with van der Waals surface area (Å²) in [4.78, 5) is 0. The molecular formula is Lu2O9. The minimum absolute atomic E-state index is 0. The Bertz CT molecular complexity index is 12.3. The quantitative estimate of drug-likeness (QED) is 0.235. The molecule has 0 atom stereocenters. The van der Waals surface area contributed by atoms with Gasteiger partial charge in [0.05, 0.1) is 0 Å². The van der Waals surface area contributed by atoms with E-state index in [0.717, 1.165) is 0 Å². The summed E-state index contributed by atoms with van der Waals surface area (Å²) in [6.45, 7) is 0. The molecule has 0 unspecified atom stereocenters. The smallest absolute Gasteiger partial charge is 0.734 e. The van der Waals surface area contributed by atoms with Crippen LogP contribution in [0.1, 0.15) is 0 Å². The average molecular weight is 494 g/mol. The van der Waals surface area contributed by atoms with Gasteiger partial charge in [-0.3, -0.25) is 0 Å². The second-order valence-corrected chi connectivity index (χ2v) is 0.204. The normalized spacial score (nSPS) is 4.91. The monoisotopic (exact) mass is 494 g/mol. The van der Waals surface area contributed by atoms with Gasteiger partial charge < -0.3 is 46.7 Å². The molecule has 0 amide bonds. The van der Waals surface area contributed by atoms with E-state index in [4.69, 9.17) is 31.5 Å². The van der Waals surface area contributed by atoms with Crippen LogP contribution in [-0.2, 0) is 15.1 Å². The van der Waals surface area contributed by atoms with Gasteiger partial charge in [0.15, 0.2) is 0 Å². The van der Waals surface area contributed by atoms with E-state index in [2.05, 4.69) is 0 Å². The summed E-state index contributed by atoms with van der Waals surface area (Å²) >= 11 is 0. The fraction of sp³-hybridized carbons (Fsp3) is 0. The minimum atomic E-state index is 0. The van der Waals surface area contributed by atoms with Gasteiger partial charge in [-0.15, -0.1) is 0 Å². The fourth-order valence-corrected chi connectivity index (χ4v) is 0. The van der Waals surface area contributed by atoms with Gasteiger partial charge >= 0.3 is 73.7 Å². The van der Waals surface area contributed by atoms with Crippen LogP contribution in [0.4, 0.5) is 0 Å². The molecule has 0 aliphatic heterocycles. The van der Waals surface area contributed by atoms with E-state index in [1.54, 1.807) is 15.1 Å². The molecule has 0 aromatic rings. The summed E-state index contributed by atoms with van der Waals surface area (Å²) in [5.74, 6) is 0. The first-order valence-corrected chi connectivity index (χ1v) is 1.00. The molecule has 11 heteroatoms. The van der Waals surface area contributed by atoms with Crippen LogP contribution in [0.5, 0.6) is 0 Å². The molecule has 0 saturated heterocycles. The molecule has 0 aliphatic carbocycles. The van der Waals surface area contributed by atoms with Gasteiger partial charge in [0, 0.05) is 0 Å². The Balaban J connectivity index is -0.0000000150. The summed E-state index contributed by atoms with van der Waals surface area (Å²) in [5, 5.41) is 52.5.